The summed E-state index contributed by atoms with van der Waals surface area (Å²) in [6.45, 7) is 1.92. The summed E-state index contributed by atoms with van der Waals surface area (Å²) >= 11 is 0. The predicted octanol–water partition coefficient (Wildman–Crippen LogP) is 1.11. The van der Waals surface area contributed by atoms with Gasteiger partial charge in [-0.3, -0.25) is 0 Å². The topological polar surface area (TPSA) is 114 Å². The number of benzene rings is 2. The summed E-state index contributed by atoms with van der Waals surface area (Å²) in [5, 5.41) is 50.7. The minimum Gasteiger partial charge on any atom is -0.388 e. The quantitative estimate of drug-likeness (QED) is 0.579. The molecule has 1 heterocycles. The maximum atomic E-state index is 11.1. The first kappa shape index (κ1) is 21.0. The molecule has 0 bridgehead atoms. The van der Waals surface area contributed by atoms with Crippen molar-refractivity contribution in [1.29, 1.82) is 5.26 Å². The Labute approximate surface area is 169 Å². The van der Waals surface area contributed by atoms with Gasteiger partial charge in [0.15, 0.2) is 0 Å². The van der Waals surface area contributed by atoms with Crippen LogP contribution >= 0.6 is 0 Å². The Bertz CT molecular complexity index is 959. The second-order valence-electron chi connectivity index (χ2n) is 7.30. The zero-order valence-corrected chi connectivity index (χ0v) is 16.0. The molecule has 1 aliphatic rings. The van der Waals surface area contributed by atoms with Crippen LogP contribution in [0.3, 0.4) is 0 Å². The number of terminal acetylenes is 1. The molecule has 150 valence electrons. The van der Waals surface area contributed by atoms with Crippen LogP contribution in [0, 0.1) is 30.6 Å². The van der Waals surface area contributed by atoms with Crippen LogP contribution in [-0.2, 0) is 16.9 Å². The zero-order valence-electron chi connectivity index (χ0n) is 16.0. The van der Waals surface area contributed by atoms with Crippen molar-refractivity contribution in [3.8, 4) is 18.4 Å². The fraction of sp³-hybridized carbons (Fsp3) is 0.348. The lowest BCUT2D eigenvalue weighted by Gasteiger charge is -2.45. The van der Waals surface area contributed by atoms with E-state index in [0.29, 0.717) is 6.42 Å². The van der Waals surface area contributed by atoms with E-state index >= 15 is 0 Å². The number of hydrogen-bond acceptors (Lipinski definition) is 6. The van der Waals surface area contributed by atoms with Crippen LogP contribution in [0.1, 0.15) is 34.2 Å². The summed E-state index contributed by atoms with van der Waals surface area (Å²) in [4.78, 5) is 0. The Morgan fingerprint density at radius 3 is 2.41 bits per heavy atom. The molecule has 29 heavy (non-hydrogen) atoms. The molecule has 2 aromatic carbocycles. The first-order chi connectivity index (χ1) is 13.8. The average Bonchev–Trinajstić information content (AvgIpc) is 2.72. The van der Waals surface area contributed by atoms with Crippen molar-refractivity contribution in [3.63, 3.8) is 0 Å². The van der Waals surface area contributed by atoms with Crippen LogP contribution in [0.15, 0.2) is 42.5 Å². The Balaban J connectivity index is 1.94. The van der Waals surface area contributed by atoms with Gasteiger partial charge in [-0.25, -0.2) is 0 Å². The highest BCUT2D eigenvalue weighted by Crippen LogP contribution is 2.38. The molecule has 1 fully saturated rings. The van der Waals surface area contributed by atoms with E-state index in [1.165, 1.54) is 0 Å². The van der Waals surface area contributed by atoms with Gasteiger partial charge in [0.1, 0.15) is 24.4 Å². The van der Waals surface area contributed by atoms with Crippen LogP contribution in [0.4, 0.5) is 0 Å². The van der Waals surface area contributed by atoms with Gasteiger partial charge in [-0.2, -0.15) is 5.26 Å². The Hall–Kier alpha value is -2.71. The van der Waals surface area contributed by atoms with Gasteiger partial charge in [0.2, 0.25) is 5.79 Å². The molecule has 0 aromatic heterocycles. The first-order valence-electron chi connectivity index (χ1n) is 9.27. The van der Waals surface area contributed by atoms with E-state index in [1.54, 1.807) is 18.2 Å². The molecule has 6 nitrogen and oxygen atoms in total. The Morgan fingerprint density at radius 2 is 1.79 bits per heavy atom. The van der Waals surface area contributed by atoms with Gasteiger partial charge in [0.05, 0.1) is 12.5 Å². The molecule has 0 aliphatic carbocycles. The van der Waals surface area contributed by atoms with Crippen molar-refractivity contribution < 1.29 is 25.2 Å². The van der Waals surface area contributed by atoms with Crippen LogP contribution < -0.4 is 0 Å². The third-order valence-electron chi connectivity index (χ3n) is 5.36. The zero-order chi connectivity index (χ0) is 21.2. The second kappa shape index (κ2) is 8.34. The first-order valence-corrected chi connectivity index (χ1v) is 9.27. The van der Waals surface area contributed by atoms with Crippen molar-refractivity contribution in [3.05, 3.63) is 70.3 Å². The number of nitriles is 1. The molecule has 0 amide bonds. The van der Waals surface area contributed by atoms with Crippen molar-refractivity contribution in [1.82, 2.24) is 0 Å². The van der Waals surface area contributed by atoms with E-state index in [1.807, 2.05) is 37.3 Å². The lowest BCUT2D eigenvalue weighted by molar-refractivity contribution is -0.353. The van der Waals surface area contributed by atoms with Gasteiger partial charge in [-0.1, -0.05) is 30.2 Å². The van der Waals surface area contributed by atoms with E-state index in [0.717, 1.165) is 22.3 Å². The summed E-state index contributed by atoms with van der Waals surface area (Å²) in [5.74, 6) is 0.315. The molecule has 1 saturated heterocycles. The molecular weight excluding hydrogens is 370 g/mol. The molecular formula is C23H23NO5. The second-order valence-corrected chi connectivity index (χ2v) is 7.30. The van der Waals surface area contributed by atoms with E-state index in [9.17, 15) is 20.4 Å². The predicted molar refractivity (Wildman–Crippen MR) is 105 cm³/mol. The van der Waals surface area contributed by atoms with Gasteiger partial charge in [0, 0.05) is 11.1 Å². The summed E-state index contributed by atoms with van der Waals surface area (Å²) in [6, 6.07) is 14.5. The summed E-state index contributed by atoms with van der Waals surface area (Å²) < 4.78 is 5.52. The summed E-state index contributed by atoms with van der Waals surface area (Å²) in [5.41, 5.74) is 3.89. The number of hydrogen-bond donors (Lipinski definition) is 4. The molecule has 4 N–H and O–H groups in total. The van der Waals surface area contributed by atoms with Gasteiger partial charge >= 0.3 is 0 Å². The maximum Gasteiger partial charge on any atom is 0.222 e. The molecule has 0 unspecified atom stereocenters. The smallest absolute Gasteiger partial charge is 0.222 e. The van der Waals surface area contributed by atoms with E-state index in [4.69, 9.17) is 16.4 Å². The maximum absolute atomic E-state index is 11.1. The van der Waals surface area contributed by atoms with Gasteiger partial charge in [0.25, 0.3) is 0 Å². The summed E-state index contributed by atoms with van der Waals surface area (Å²) in [7, 11) is 0. The molecule has 1 aliphatic heterocycles. The minimum atomic E-state index is -2.25. The number of aryl methyl sites for hydroxylation is 1. The highest BCUT2D eigenvalue weighted by Gasteiger charge is 2.53. The lowest BCUT2D eigenvalue weighted by atomic mass is 9.85. The van der Waals surface area contributed by atoms with Gasteiger partial charge in [-0.05, 0) is 48.2 Å². The van der Waals surface area contributed by atoms with Gasteiger partial charge in [-0.15, -0.1) is 6.42 Å². The number of aliphatic hydroxyl groups excluding tert-OH is 3. The van der Waals surface area contributed by atoms with Crippen LogP contribution in [-0.4, -0.2) is 44.8 Å². The number of ether oxygens (including phenoxy) is 1. The van der Waals surface area contributed by atoms with Crippen LogP contribution in [0.5, 0.6) is 0 Å². The van der Waals surface area contributed by atoms with E-state index < -0.39 is 30.2 Å². The van der Waals surface area contributed by atoms with Crippen molar-refractivity contribution in [2.75, 3.05) is 0 Å². The molecule has 0 spiro atoms. The number of rotatable bonds is 4. The van der Waals surface area contributed by atoms with Crippen molar-refractivity contribution in [2.45, 2.75) is 50.0 Å². The fourth-order valence-electron chi connectivity index (χ4n) is 3.52. The molecule has 0 radical (unpaired) electrons. The third kappa shape index (κ3) is 4.04. The lowest BCUT2D eigenvalue weighted by Crippen LogP contribution is -2.62. The number of aliphatic hydroxyl groups is 4. The molecule has 3 rings (SSSR count). The number of nitrogens with zero attached hydrogens (tertiary/aromatic N) is 1. The highest BCUT2D eigenvalue weighted by molar-refractivity contribution is 5.40. The highest BCUT2D eigenvalue weighted by atomic mass is 16.7. The van der Waals surface area contributed by atoms with E-state index in [2.05, 4.69) is 5.92 Å². The minimum absolute atomic E-state index is 0.236. The standard InChI is InChI=1S/C23H23NO5/c1-3-15-5-7-16(8-6-15)12-17-13-18(9-4-14(17)2)23(28)22(27)21(26)20(25)19(29-23)10-11-24/h1,4-9,13,19-22,25-28H,10,12H2,2H3/t19-,20-,21+,22-,23+/m1/s1. The molecule has 2 aromatic rings. The third-order valence-corrected chi connectivity index (χ3v) is 5.36. The summed E-state index contributed by atoms with van der Waals surface area (Å²) in [6.07, 6.45) is -0.352. The van der Waals surface area contributed by atoms with Crippen molar-refractivity contribution >= 4 is 0 Å². The monoisotopic (exact) mass is 393 g/mol. The fourth-order valence-corrected chi connectivity index (χ4v) is 3.52. The van der Waals surface area contributed by atoms with E-state index in [-0.39, 0.29) is 12.0 Å². The van der Waals surface area contributed by atoms with Crippen molar-refractivity contribution in [2.24, 2.45) is 0 Å². The SMILES string of the molecule is C#Cc1ccc(Cc2cc([C@]3(O)O[C@H](CC#N)[C@@H](O)[C@H](O)[C@H]3O)ccc2C)cc1. The molecule has 5 atom stereocenters. The largest absolute Gasteiger partial charge is 0.388 e. The molecule has 0 saturated carbocycles. The Kier molecular flexibility index (Phi) is 6.04. The normalized spacial score (nSPS) is 29.1. The van der Waals surface area contributed by atoms with Crippen LogP contribution in [0.25, 0.3) is 0 Å². The molecule has 6 heteroatoms. The van der Waals surface area contributed by atoms with Gasteiger partial charge < -0.3 is 25.2 Å². The Morgan fingerprint density at radius 1 is 1.10 bits per heavy atom. The van der Waals surface area contributed by atoms with Crippen LogP contribution in [0.2, 0.25) is 0 Å². The average molecular weight is 393 g/mol.